The molecular weight excluding hydrogens is 154 g/mol. The lowest BCUT2D eigenvalue weighted by Crippen LogP contribution is -2.14. The number of hydrogen-bond acceptors (Lipinski definition) is 2. The number of carbonyl (C=O) groups excluding carboxylic acids is 1. The summed E-state index contributed by atoms with van der Waals surface area (Å²) >= 11 is 0. The number of nitrogens with two attached hydrogens (primary N) is 1. The van der Waals surface area contributed by atoms with Crippen molar-refractivity contribution in [3.8, 4) is 0 Å². The fourth-order valence-corrected chi connectivity index (χ4v) is 0.917. The summed E-state index contributed by atoms with van der Waals surface area (Å²) in [5.74, 6) is 0.312. The molecule has 0 aliphatic rings. The molecule has 3 heteroatoms. The van der Waals surface area contributed by atoms with Gasteiger partial charge in [-0.1, -0.05) is 13.3 Å². The highest BCUT2D eigenvalue weighted by molar-refractivity contribution is 5.91. The molecule has 0 aromatic rings. The molecular formula is C9H17NO2. The Labute approximate surface area is 73.6 Å². The van der Waals surface area contributed by atoms with E-state index in [4.69, 9.17) is 10.5 Å². The Morgan fingerprint density at radius 1 is 1.50 bits per heavy atom. The second-order valence-corrected chi connectivity index (χ2v) is 2.72. The monoisotopic (exact) mass is 171 g/mol. The van der Waals surface area contributed by atoms with E-state index in [1.807, 2.05) is 0 Å². The first-order valence-corrected chi connectivity index (χ1v) is 4.17. The summed E-state index contributed by atoms with van der Waals surface area (Å²) in [6.45, 7) is 3.78. The van der Waals surface area contributed by atoms with Crippen molar-refractivity contribution in [3.63, 3.8) is 0 Å². The van der Waals surface area contributed by atoms with E-state index in [-0.39, 0.29) is 0 Å². The summed E-state index contributed by atoms with van der Waals surface area (Å²) in [6.07, 6.45) is 2.90. The van der Waals surface area contributed by atoms with Gasteiger partial charge in [-0.05, 0) is 13.3 Å². The van der Waals surface area contributed by atoms with Gasteiger partial charge in [-0.2, -0.15) is 0 Å². The van der Waals surface area contributed by atoms with E-state index in [0.717, 1.165) is 19.3 Å². The van der Waals surface area contributed by atoms with Crippen molar-refractivity contribution in [1.82, 2.24) is 0 Å². The van der Waals surface area contributed by atoms with Gasteiger partial charge in [-0.15, -0.1) is 0 Å². The average molecular weight is 171 g/mol. The molecule has 3 nitrogen and oxygen atoms in total. The van der Waals surface area contributed by atoms with E-state index < -0.39 is 5.91 Å². The Morgan fingerprint density at radius 3 is 2.42 bits per heavy atom. The standard InChI is InChI=1S/C9H17NO2/c1-4-5-6-8(12-3)7(2)9(10)11/h4-6H2,1-3H3,(H2,10,11). The molecule has 0 radical (unpaired) electrons. The maximum absolute atomic E-state index is 10.7. The third-order valence-electron chi connectivity index (χ3n) is 1.79. The van der Waals surface area contributed by atoms with Crippen molar-refractivity contribution in [2.75, 3.05) is 7.11 Å². The zero-order valence-electron chi connectivity index (χ0n) is 8.02. The van der Waals surface area contributed by atoms with Crippen LogP contribution in [-0.4, -0.2) is 13.0 Å². The topological polar surface area (TPSA) is 52.3 Å². The van der Waals surface area contributed by atoms with Crippen LogP contribution < -0.4 is 5.73 Å². The number of ether oxygens (including phenoxy) is 1. The van der Waals surface area contributed by atoms with Gasteiger partial charge < -0.3 is 10.5 Å². The minimum atomic E-state index is -0.400. The van der Waals surface area contributed by atoms with E-state index in [2.05, 4.69) is 6.92 Å². The summed E-state index contributed by atoms with van der Waals surface area (Å²) < 4.78 is 5.05. The molecule has 2 N–H and O–H groups in total. The lowest BCUT2D eigenvalue weighted by Gasteiger charge is -2.07. The molecule has 0 spiro atoms. The Hall–Kier alpha value is -0.990. The van der Waals surface area contributed by atoms with Crippen LogP contribution in [0.15, 0.2) is 11.3 Å². The number of rotatable bonds is 5. The predicted octanol–water partition coefficient (Wildman–Crippen LogP) is 1.58. The molecule has 0 rings (SSSR count). The zero-order chi connectivity index (χ0) is 9.56. The number of primary amides is 1. The third-order valence-corrected chi connectivity index (χ3v) is 1.79. The molecule has 0 atom stereocenters. The van der Waals surface area contributed by atoms with E-state index in [0.29, 0.717) is 11.3 Å². The van der Waals surface area contributed by atoms with Crippen LogP contribution in [0.3, 0.4) is 0 Å². The van der Waals surface area contributed by atoms with Gasteiger partial charge in [0.1, 0.15) is 5.76 Å². The summed E-state index contributed by atoms with van der Waals surface area (Å²) in [7, 11) is 1.57. The van der Waals surface area contributed by atoms with E-state index >= 15 is 0 Å². The Kier molecular flexibility index (Phi) is 5.17. The lowest BCUT2D eigenvalue weighted by molar-refractivity contribution is -0.114. The Bertz CT molecular complexity index is 185. The van der Waals surface area contributed by atoms with Gasteiger partial charge >= 0.3 is 0 Å². The van der Waals surface area contributed by atoms with Crippen molar-refractivity contribution in [1.29, 1.82) is 0 Å². The number of allylic oxidation sites excluding steroid dienone is 1. The first-order valence-electron chi connectivity index (χ1n) is 4.17. The molecule has 0 aliphatic heterocycles. The first-order chi connectivity index (χ1) is 5.63. The van der Waals surface area contributed by atoms with E-state index in [1.165, 1.54) is 0 Å². The van der Waals surface area contributed by atoms with Crippen molar-refractivity contribution >= 4 is 5.91 Å². The molecule has 0 aromatic carbocycles. The number of unbranched alkanes of at least 4 members (excludes halogenated alkanes) is 1. The van der Waals surface area contributed by atoms with Crippen molar-refractivity contribution in [2.45, 2.75) is 33.1 Å². The third kappa shape index (κ3) is 3.42. The number of methoxy groups -OCH3 is 1. The predicted molar refractivity (Wildman–Crippen MR) is 48.4 cm³/mol. The molecule has 0 unspecified atom stereocenters. The quantitative estimate of drug-likeness (QED) is 0.504. The van der Waals surface area contributed by atoms with Crippen molar-refractivity contribution in [3.05, 3.63) is 11.3 Å². The number of carbonyl (C=O) groups is 1. The first kappa shape index (κ1) is 11.0. The molecule has 0 heterocycles. The van der Waals surface area contributed by atoms with Crippen LogP contribution in [0.2, 0.25) is 0 Å². The summed E-state index contributed by atoms with van der Waals surface area (Å²) in [6, 6.07) is 0. The Balaban J connectivity index is 4.28. The highest BCUT2D eigenvalue weighted by Crippen LogP contribution is 2.12. The lowest BCUT2D eigenvalue weighted by atomic mass is 10.1. The van der Waals surface area contributed by atoms with Gasteiger partial charge in [0.05, 0.1) is 12.7 Å². The Morgan fingerprint density at radius 2 is 2.08 bits per heavy atom. The molecule has 12 heavy (non-hydrogen) atoms. The summed E-state index contributed by atoms with van der Waals surface area (Å²) in [5.41, 5.74) is 5.64. The summed E-state index contributed by atoms with van der Waals surface area (Å²) in [5, 5.41) is 0. The maximum atomic E-state index is 10.7. The van der Waals surface area contributed by atoms with Gasteiger partial charge in [0.25, 0.3) is 0 Å². The largest absolute Gasteiger partial charge is 0.501 e. The summed E-state index contributed by atoms with van der Waals surface area (Å²) in [4.78, 5) is 10.7. The van der Waals surface area contributed by atoms with Crippen LogP contribution in [0.1, 0.15) is 33.1 Å². The number of hydrogen-bond donors (Lipinski definition) is 1. The molecule has 0 bridgehead atoms. The average Bonchev–Trinajstić information content (AvgIpc) is 2.05. The van der Waals surface area contributed by atoms with Gasteiger partial charge in [0.2, 0.25) is 5.91 Å². The van der Waals surface area contributed by atoms with E-state index in [9.17, 15) is 4.79 Å². The van der Waals surface area contributed by atoms with Crippen LogP contribution in [0.5, 0.6) is 0 Å². The minimum absolute atomic E-state index is 0.400. The molecule has 0 saturated carbocycles. The van der Waals surface area contributed by atoms with Gasteiger partial charge in [-0.3, -0.25) is 4.79 Å². The molecule has 0 aliphatic carbocycles. The fraction of sp³-hybridized carbons (Fsp3) is 0.667. The normalized spacial score (nSPS) is 12.2. The van der Waals surface area contributed by atoms with Gasteiger partial charge in [0, 0.05) is 6.42 Å². The smallest absolute Gasteiger partial charge is 0.247 e. The van der Waals surface area contributed by atoms with Gasteiger partial charge in [0.15, 0.2) is 0 Å². The van der Waals surface area contributed by atoms with Crippen LogP contribution in [-0.2, 0) is 9.53 Å². The fourth-order valence-electron chi connectivity index (χ4n) is 0.917. The SMILES string of the molecule is CCCCC(OC)=C(C)C(N)=O. The minimum Gasteiger partial charge on any atom is -0.501 e. The zero-order valence-corrected chi connectivity index (χ0v) is 8.02. The molecule has 0 aromatic heterocycles. The second-order valence-electron chi connectivity index (χ2n) is 2.72. The van der Waals surface area contributed by atoms with Gasteiger partial charge in [-0.25, -0.2) is 0 Å². The highest BCUT2D eigenvalue weighted by Gasteiger charge is 2.06. The van der Waals surface area contributed by atoms with Crippen LogP contribution in [0, 0.1) is 0 Å². The van der Waals surface area contributed by atoms with Crippen molar-refractivity contribution in [2.24, 2.45) is 5.73 Å². The van der Waals surface area contributed by atoms with Crippen LogP contribution >= 0.6 is 0 Å². The van der Waals surface area contributed by atoms with Crippen molar-refractivity contribution < 1.29 is 9.53 Å². The maximum Gasteiger partial charge on any atom is 0.247 e. The van der Waals surface area contributed by atoms with E-state index in [1.54, 1.807) is 14.0 Å². The number of amides is 1. The molecule has 0 saturated heterocycles. The molecule has 0 fully saturated rings. The molecule has 1 amide bonds. The molecule has 70 valence electrons. The second kappa shape index (κ2) is 5.63. The van der Waals surface area contributed by atoms with Crippen LogP contribution in [0.25, 0.3) is 0 Å². The highest BCUT2D eigenvalue weighted by atomic mass is 16.5. The van der Waals surface area contributed by atoms with Crippen LogP contribution in [0.4, 0.5) is 0 Å².